The number of hydrogen-bond acceptors (Lipinski definition) is 5. The van der Waals surface area contributed by atoms with Gasteiger partial charge in [0.2, 0.25) is 0 Å². The second-order valence-electron chi connectivity index (χ2n) is 4.53. The van der Waals surface area contributed by atoms with E-state index in [4.69, 9.17) is 11.6 Å². The second-order valence-corrected chi connectivity index (χ2v) is 7.92. The molecule has 0 aliphatic heterocycles. The zero-order valence-corrected chi connectivity index (χ0v) is 15.8. The molecular formula is C15H8BrClFN3OS2. The molecule has 0 aliphatic carbocycles. The Morgan fingerprint density at radius 2 is 2.12 bits per heavy atom. The fourth-order valence-corrected chi connectivity index (χ4v) is 3.78. The summed E-state index contributed by atoms with van der Waals surface area (Å²) in [4.78, 5) is 13.0. The molecule has 3 rings (SSSR count). The van der Waals surface area contributed by atoms with Crippen LogP contribution in [0.25, 0.3) is 0 Å². The van der Waals surface area contributed by atoms with Crippen LogP contribution in [0.2, 0.25) is 5.02 Å². The Morgan fingerprint density at radius 1 is 1.29 bits per heavy atom. The lowest BCUT2D eigenvalue weighted by molar-refractivity contribution is 0.102. The Morgan fingerprint density at radius 3 is 2.79 bits per heavy atom. The van der Waals surface area contributed by atoms with E-state index < -0.39 is 11.7 Å². The summed E-state index contributed by atoms with van der Waals surface area (Å²) in [5.74, 6) is -0.911. The van der Waals surface area contributed by atoms with Gasteiger partial charge in [0.25, 0.3) is 5.91 Å². The molecule has 4 nitrogen and oxygen atoms in total. The van der Waals surface area contributed by atoms with Gasteiger partial charge in [0.15, 0.2) is 4.34 Å². The van der Waals surface area contributed by atoms with Crippen molar-refractivity contribution in [3.8, 4) is 0 Å². The maximum atomic E-state index is 13.5. The Hall–Kier alpha value is -1.48. The molecule has 0 bridgehead atoms. The lowest BCUT2D eigenvalue weighted by atomic mass is 10.2. The van der Waals surface area contributed by atoms with Crippen LogP contribution < -0.4 is 5.32 Å². The summed E-state index contributed by atoms with van der Waals surface area (Å²) in [7, 11) is 0. The van der Waals surface area contributed by atoms with Gasteiger partial charge in [-0.15, -0.1) is 10.2 Å². The summed E-state index contributed by atoms with van der Waals surface area (Å²) in [5, 5.41) is 10.9. The highest BCUT2D eigenvalue weighted by molar-refractivity contribution is 9.10. The molecule has 0 saturated heterocycles. The van der Waals surface area contributed by atoms with Crippen molar-refractivity contribution in [1.82, 2.24) is 10.2 Å². The number of rotatable bonds is 4. The standard InChI is InChI=1S/C15H8BrClFN3OS2/c16-10-3-1-8(5-12(10)18)14(22)20-9-2-4-13(11(17)6-9)24-15-21-19-7-23-15/h1-7H,(H,20,22). The number of nitrogens with zero attached hydrogens (tertiary/aromatic N) is 2. The van der Waals surface area contributed by atoms with Gasteiger partial charge in [-0.1, -0.05) is 34.7 Å². The van der Waals surface area contributed by atoms with Crippen LogP contribution in [0.4, 0.5) is 10.1 Å². The van der Waals surface area contributed by atoms with Crippen molar-refractivity contribution in [3.63, 3.8) is 0 Å². The fourth-order valence-electron chi connectivity index (χ4n) is 1.80. The highest BCUT2D eigenvalue weighted by Gasteiger charge is 2.11. The van der Waals surface area contributed by atoms with Crippen LogP contribution in [0.1, 0.15) is 10.4 Å². The van der Waals surface area contributed by atoms with Gasteiger partial charge in [-0.25, -0.2) is 4.39 Å². The average Bonchev–Trinajstić information content (AvgIpc) is 3.05. The molecular weight excluding hydrogens is 437 g/mol. The number of aromatic nitrogens is 2. The summed E-state index contributed by atoms with van der Waals surface area (Å²) in [6.07, 6.45) is 0. The highest BCUT2D eigenvalue weighted by atomic mass is 79.9. The van der Waals surface area contributed by atoms with Crippen LogP contribution in [-0.4, -0.2) is 16.1 Å². The molecule has 3 aromatic rings. The van der Waals surface area contributed by atoms with Crippen molar-refractivity contribution >= 4 is 62.2 Å². The quantitative estimate of drug-likeness (QED) is 0.577. The van der Waals surface area contributed by atoms with E-state index in [1.807, 2.05) is 0 Å². The molecule has 0 unspecified atom stereocenters. The number of hydrogen-bond donors (Lipinski definition) is 1. The van der Waals surface area contributed by atoms with E-state index in [1.54, 1.807) is 23.7 Å². The molecule has 122 valence electrons. The van der Waals surface area contributed by atoms with Gasteiger partial charge >= 0.3 is 0 Å². The van der Waals surface area contributed by atoms with Crippen molar-refractivity contribution < 1.29 is 9.18 Å². The first-order chi connectivity index (χ1) is 11.5. The van der Waals surface area contributed by atoms with E-state index in [2.05, 4.69) is 31.4 Å². The van der Waals surface area contributed by atoms with Gasteiger partial charge < -0.3 is 5.32 Å². The molecule has 0 aliphatic rings. The minimum Gasteiger partial charge on any atom is -0.322 e. The molecule has 0 fully saturated rings. The van der Waals surface area contributed by atoms with Crippen LogP contribution in [0.5, 0.6) is 0 Å². The molecule has 0 radical (unpaired) electrons. The summed E-state index contributed by atoms with van der Waals surface area (Å²) >= 11 is 12.1. The normalized spacial score (nSPS) is 10.6. The summed E-state index contributed by atoms with van der Waals surface area (Å²) in [5.41, 5.74) is 2.39. The van der Waals surface area contributed by atoms with Gasteiger partial charge in [0.05, 0.1) is 9.50 Å². The predicted octanol–water partition coefficient (Wildman–Crippen LogP) is 5.50. The monoisotopic (exact) mass is 443 g/mol. The van der Waals surface area contributed by atoms with Crippen molar-refractivity contribution in [2.24, 2.45) is 0 Å². The average molecular weight is 445 g/mol. The zero-order valence-electron chi connectivity index (χ0n) is 11.8. The van der Waals surface area contributed by atoms with Crippen LogP contribution in [-0.2, 0) is 0 Å². The Balaban J connectivity index is 1.74. The lowest BCUT2D eigenvalue weighted by Gasteiger charge is -2.08. The molecule has 1 N–H and O–H groups in total. The third-order valence-electron chi connectivity index (χ3n) is 2.91. The number of benzene rings is 2. The number of nitrogens with one attached hydrogen (secondary N) is 1. The molecule has 2 aromatic carbocycles. The minimum absolute atomic E-state index is 0.221. The largest absolute Gasteiger partial charge is 0.322 e. The first-order valence-corrected chi connectivity index (χ1v) is 9.39. The second kappa shape index (κ2) is 7.60. The van der Waals surface area contributed by atoms with Gasteiger partial charge in [-0.05, 0) is 52.3 Å². The highest BCUT2D eigenvalue weighted by Crippen LogP contribution is 2.35. The summed E-state index contributed by atoms with van der Waals surface area (Å²) in [6, 6.07) is 9.33. The SMILES string of the molecule is O=C(Nc1ccc(Sc2nncs2)c(Cl)c1)c1ccc(Br)c(F)c1. The maximum absolute atomic E-state index is 13.5. The fraction of sp³-hybridized carbons (Fsp3) is 0. The van der Waals surface area contributed by atoms with E-state index in [1.165, 1.54) is 41.3 Å². The number of carbonyl (C=O) groups excluding carboxylic acids is 1. The third-order valence-corrected chi connectivity index (χ3v) is 5.83. The molecule has 1 heterocycles. The van der Waals surface area contributed by atoms with Gasteiger partial charge in [0.1, 0.15) is 11.3 Å². The summed E-state index contributed by atoms with van der Waals surface area (Å²) in [6.45, 7) is 0. The topological polar surface area (TPSA) is 54.9 Å². The summed E-state index contributed by atoms with van der Waals surface area (Å²) < 4.78 is 14.6. The maximum Gasteiger partial charge on any atom is 0.255 e. The van der Waals surface area contributed by atoms with Crippen molar-refractivity contribution in [1.29, 1.82) is 0 Å². The zero-order chi connectivity index (χ0) is 17.1. The molecule has 0 saturated carbocycles. The van der Waals surface area contributed by atoms with E-state index in [0.717, 1.165) is 9.24 Å². The van der Waals surface area contributed by atoms with E-state index in [9.17, 15) is 9.18 Å². The van der Waals surface area contributed by atoms with Crippen molar-refractivity contribution in [3.05, 3.63) is 62.8 Å². The first-order valence-electron chi connectivity index (χ1n) is 6.53. The molecule has 24 heavy (non-hydrogen) atoms. The van der Waals surface area contributed by atoms with Gasteiger partial charge in [-0.3, -0.25) is 4.79 Å². The van der Waals surface area contributed by atoms with E-state index >= 15 is 0 Å². The number of halogens is 3. The third kappa shape index (κ3) is 4.13. The smallest absolute Gasteiger partial charge is 0.255 e. The van der Waals surface area contributed by atoms with Crippen LogP contribution in [0.15, 0.2) is 55.6 Å². The molecule has 1 amide bonds. The number of amides is 1. The molecule has 0 spiro atoms. The van der Waals surface area contributed by atoms with Crippen LogP contribution in [0, 0.1) is 5.82 Å². The number of carbonyl (C=O) groups is 1. The Bertz CT molecular complexity index is 892. The minimum atomic E-state index is -0.496. The van der Waals surface area contributed by atoms with Gasteiger partial charge in [0, 0.05) is 16.1 Å². The predicted molar refractivity (Wildman–Crippen MR) is 97.5 cm³/mol. The van der Waals surface area contributed by atoms with Crippen molar-refractivity contribution in [2.75, 3.05) is 5.32 Å². The van der Waals surface area contributed by atoms with Gasteiger partial charge in [-0.2, -0.15) is 0 Å². The van der Waals surface area contributed by atoms with Crippen LogP contribution in [0.3, 0.4) is 0 Å². The molecule has 0 atom stereocenters. The van der Waals surface area contributed by atoms with E-state index in [0.29, 0.717) is 15.2 Å². The van der Waals surface area contributed by atoms with E-state index in [-0.39, 0.29) is 5.56 Å². The first kappa shape index (κ1) is 17.3. The van der Waals surface area contributed by atoms with Crippen LogP contribution >= 0.6 is 50.6 Å². The lowest BCUT2D eigenvalue weighted by Crippen LogP contribution is -2.12. The molecule has 1 aromatic heterocycles. The molecule has 9 heteroatoms. The Labute approximate surface area is 158 Å². The van der Waals surface area contributed by atoms with Crippen molar-refractivity contribution in [2.45, 2.75) is 9.24 Å². The Kier molecular flexibility index (Phi) is 5.50. The number of anilines is 1.